The SMILES string of the molecule is Cc1cccc2nc(COC(=O)CCSc3ccccc3)cc(=O)n12. The molecule has 2 heterocycles. The lowest BCUT2D eigenvalue weighted by Crippen LogP contribution is -2.18. The van der Waals surface area contributed by atoms with Crippen LogP contribution in [0.3, 0.4) is 0 Å². The third-order valence-corrected chi connectivity index (χ3v) is 4.65. The van der Waals surface area contributed by atoms with Gasteiger partial charge in [0.2, 0.25) is 0 Å². The molecule has 6 heteroatoms. The Balaban J connectivity index is 1.55. The van der Waals surface area contributed by atoms with Crippen molar-refractivity contribution in [1.82, 2.24) is 9.38 Å². The van der Waals surface area contributed by atoms with Crippen molar-refractivity contribution in [3.8, 4) is 0 Å². The van der Waals surface area contributed by atoms with Crippen LogP contribution in [0.25, 0.3) is 5.65 Å². The molecule has 0 aliphatic carbocycles. The van der Waals surface area contributed by atoms with Crippen molar-refractivity contribution >= 4 is 23.4 Å². The van der Waals surface area contributed by atoms with Gasteiger partial charge in [-0.2, -0.15) is 0 Å². The molecule has 25 heavy (non-hydrogen) atoms. The zero-order valence-electron chi connectivity index (χ0n) is 13.8. The predicted molar refractivity (Wildman–Crippen MR) is 97.8 cm³/mol. The molecule has 5 nitrogen and oxygen atoms in total. The Kier molecular flexibility index (Phi) is 5.50. The molecule has 128 valence electrons. The number of pyridine rings is 1. The fourth-order valence-corrected chi connectivity index (χ4v) is 3.29. The van der Waals surface area contributed by atoms with E-state index in [2.05, 4.69) is 4.98 Å². The fourth-order valence-electron chi connectivity index (χ4n) is 2.43. The molecule has 3 aromatic rings. The lowest BCUT2D eigenvalue weighted by molar-refractivity contribution is -0.144. The maximum absolute atomic E-state index is 12.2. The van der Waals surface area contributed by atoms with Gasteiger partial charge in [-0.15, -0.1) is 11.8 Å². The van der Waals surface area contributed by atoms with Gasteiger partial charge in [-0.25, -0.2) is 4.98 Å². The van der Waals surface area contributed by atoms with E-state index in [0.29, 0.717) is 23.5 Å². The number of nitrogens with zero attached hydrogens (tertiary/aromatic N) is 2. The molecule has 0 saturated carbocycles. The van der Waals surface area contributed by atoms with Gasteiger partial charge in [-0.1, -0.05) is 24.3 Å². The van der Waals surface area contributed by atoms with E-state index in [9.17, 15) is 9.59 Å². The Morgan fingerprint density at radius 2 is 1.96 bits per heavy atom. The lowest BCUT2D eigenvalue weighted by Gasteiger charge is -2.07. The zero-order chi connectivity index (χ0) is 17.6. The largest absolute Gasteiger partial charge is 0.459 e. The van der Waals surface area contributed by atoms with Crippen LogP contribution >= 0.6 is 11.8 Å². The second-order valence-corrected chi connectivity index (χ2v) is 6.69. The molecule has 0 aliphatic rings. The molecule has 0 aliphatic heterocycles. The molecular weight excluding hydrogens is 336 g/mol. The number of aromatic nitrogens is 2. The minimum atomic E-state index is -0.297. The Bertz CT molecular complexity index is 938. The van der Waals surface area contributed by atoms with Crippen LogP contribution < -0.4 is 5.56 Å². The van der Waals surface area contributed by atoms with Crippen molar-refractivity contribution in [2.45, 2.75) is 24.8 Å². The normalized spacial score (nSPS) is 10.8. The standard InChI is InChI=1S/C19H18N2O3S/c1-14-6-5-9-17-20-15(12-18(22)21(14)17)13-24-19(23)10-11-25-16-7-3-2-4-8-16/h2-9,12H,10-11,13H2,1H3. The second kappa shape index (κ2) is 7.98. The number of esters is 1. The summed E-state index contributed by atoms with van der Waals surface area (Å²) in [6, 6.07) is 16.8. The van der Waals surface area contributed by atoms with Crippen molar-refractivity contribution in [2.75, 3.05) is 5.75 Å². The van der Waals surface area contributed by atoms with Gasteiger partial charge < -0.3 is 4.74 Å². The first kappa shape index (κ1) is 17.2. The number of hydrogen-bond donors (Lipinski definition) is 0. The van der Waals surface area contributed by atoms with E-state index < -0.39 is 0 Å². The van der Waals surface area contributed by atoms with E-state index in [1.165, 1.54) is 10.5 Å². The quantitative estimate of drug-likeness (QED) is 0.502. The monoisotopic (exact) mass is 354 g/mol. The van der Waals surface area contributed by atoms with E-state index in [1.54, 1.807) is 17.8 Å². The van der Waals surface area contributed by atoms with Gasteiger partial charge in [-0.05, 0) is 31.2 Å². The number of fused-ring (bicyclic) bond motifs is 1. The molecule has 0 unspecified atom stereocenters. The van der Waals surface area contributed by atoms with E-state index >= 15 is 0 Å². The van der Waals surface area contributed by atoms with Crippen molar-refractivity contribution in [1.29, 1.82) is 0 Å². The van der Waals surface area contributed by atoms with E-state index in [1.807, 2.05) is 49.4 Å². The maximum atomic E-state index is 12.2. The topological polar surface area (TPSA) is 60.7 Å². The van der Waals surface area contributed by atoms with Crippen molar-refractivity contribution < 1.29 is 9.53 Å². The van der Waals surface area contributed by atoms with Gasteiger partial charge in [0.15, 0.2) is 0 Å². The van der Waals surface area contributed by atoms with E-state index in [0.717, 1.165) is 10.6 Å². The first-order chi connectivity index (χ1) is 12.1. The molecular formula is C19H18N2O3S. The predicted octanol–water partition coefficient (Wildman–Crippen LogP) is 3.23. The summed E-state index contributed by atoms with van der Waals surface area (Å²) in [6.45, 7) is 1.86. The highest BCUT2D eigenvalue weighted by Crippen LogP contribution is 2.18. The third-order valence-electron chi connectivity index (χ3n) is 3.63. The Morgan fingerprint density at radius 3 is 2.76 bits per heavy atom. The number of thioether (sulfide) groups is 1. The van der Waals surface area contributed by atoms with Crippen LogP contribution in [0.5, 0.6) is 0 Å². The average molecular weight is 354 g/mol. The molecule has 0 atom stereocenters. The zero-order valence-corrected chi connectivity index (χ0v) is 14.7. The van der Waals surface area contributed by atoms with Gasteiger partial charge in [-0.3, -0.25) is 14.0 Å². The first-order valence-electron chi connectivity index (χ1n) is 7.95. The van der Waals surface area contributed by atoms with Gasteiger partial charge in [0, 0.05) is 22.4 Å². The summed E-state index contributed by atoms with van der Waals surface area (Å²) >= 11 is 1.61. The highest BCUT2D eigenvalue weighted by atomic mass is 32.2. The number of ether oxygens (including phenoxy) is 1. The molecule has 0 saturated heterocycles. The summed E-state index contributed by atoms with van der Waals surface area (Å²) in [7, 11) is 0. The van der Waals surface area contributed by atoms with Gasteiger partial charge >= 0.3 is 5.97 Å². The van der Waals surface area contributed by atoms with Gasteiger partial charge in [0.1, 0.15) is 12.3 Å². The molecule has 3 rings (SSSR count). The second-order valence-electron chi connectivity index (χ2n) is 5.52. The third kappa shape index (κ3) is 4.48. The van der Waals surface area contributed by atoms with Crippen molar-refractivity contribution in [2.24, 2.45) is 0 Å². The highest BCUT2D eigenvalue weighted by Gasteiger charge is 2.08. The summed E-state index contributed by atoms with van der Waals surface area (Å²) in [4.78, 5) is 29.5. The fraction of sp³-hybridized carbons (Fsp3) is 0.211. The van der Waals surface area contributed by atoms with Crippen molar-refractivity contribution in [3.63, 3.8) is 0 Å². The number of rotatable bonds is 6. The Labute approximate surface area is 149 Å². The smallest absolute Gasteiger partial charge is 0.307 e. The van der Waals surface area contributed by atoms with Crippen LogP contribution in [0.1, 0.15) is 17.8 Å². The van der Waals surface area contributed by atoms with Crippen LogP contribution in [-0.4, -0.2) is 21.1 Å². The van der Waals surface area contributed by atoms with Crippen LogP contribution in [0, 0.1) is 6.92 Å². The number of carbonyl (C=O) groups excluding carboxylic acids is 1. The molecule has 0 radical (unpaired) electrons. The number of hydrogen-bond acceptors (Lipinski definition) is 5. The molecule has 1 aromatic carbocycles. The average Bonchev–Trinajstić information content (AvgIpc) is 2.61. The lowest BCUT2D eigenvalue weighted by atomic mass is 10.3. The van der Waals surface area contributed by atoms with Crippen LogP contribution in [0.4, 0.5) is 0 Å². The van der Waals surface area contributed by atoms with Gasteiger partial charge in [0.25, 0.3) is 5.56 Å². The summed E-state index contributed by atoms with van der Waals surface area (Å²) in [5, 5.41) is 0. The van der Waals surface area contributed by atoms with E-state index in [4.69, 9.17) is 4.74 Å². The maximum Gasteiger partial charge on any atom is 0.307 e. The number of aryl methyl sites for hydroxylation is 1. The Hall–Kier alpha value is -2.60. The minimum absolute atomic E-state index is 0.00845. The molecule has 0 bridgehead atoms. The molecule has 0 amide bonds. The van der Waals surface area contributed by atoms with Crippen LogP contribution in [0.2, 0.25) is 0 Å². The molecule has 0 fully saturated rings. The van der Waals surface area contributed by atoms with Crippen LogP contribution in [-0.2, 0) is 16.1 Å². The van der Waals surface area contributed by atoms with Crippen molar-refractivity contribution in [3.05, 3.63) is 76.3 Å². The summed E-state index contributed by atoms with van der Waals surface area (Å²) in [5.74, 6) is 0.352. The molecule has 0 N–H and O–H groups in total. The number of carbonyl (C=O) groups is 1. The van der Waals surface area contributed by atoms with Gasteiger partial charge in [0.05, 0.1) is 12.1 Å². The molecule has 2 aromatic heterocycles. The van der Waals surface area contributed by atoms with E-state index in [-0.39, 0.29) is 18.1 Å². The number of benzene rings is 1. The minimum Gasteiger partial charge on any atom is -0.459 e. The first-order valence-corrected chi connectivity index (χ1v) is 8.94. The Morgan fingerprint density at radius 1 is 1.16 bits per heavy atom. The summed E-state index contributed by atoms with van der Waals surface area (Å²) in [6.07, 6.45) is 0.311. The highest BCUT2D eigenvalue weighted by molar-refractivity contribution is 7.99. The molecule has 0 spiro atoms. The summed E-state index contributed by atoms with van der Waals surface area (Å²) < 4.78 is 6.77. The van der Waals surface area contributed by atoms with Crippen LogP contribution in [0.15, 0.2) is 64.3 Å². The summed E-state index contributed by atoms with van der Waals surface area (Å²) in [5.41, 5.74) is 1.66.